The van der Waals surface area contributed by atoms with Crippen molar-refractivity contribution in [3.63, 3.8) is 0 Å². The minimum atomic E-state index is -1.03. The van der Waals surface area contributed by atoms with Crippen LogP contribution in [0.3, 0.4) is 0 Å². The first-order valence-corrected chi connectivity index (χ1v) is 11.1. The van der Waals surface area contributed by atoms with Crippen LogP contribution in [0.15, 0.2) is 73.1 Å². The third-order valence-corrected chi connectivity index (χ3v) is 5.84. The van der Waals surface area contributed by atoms with Crippen LogP contribution < -0.4 is 10.2 Å². The van der Waals surface area contributed by atoms with Crippen LogP contribution in [0.5, 0.6) is 0 Å². The topological polar surface area (TPSA) is 85.8 Å². The Kier molecular flexibility index (Phi) is 7.22. The van der Waals surface area contributed by atoms with Gasteiger partial charge in [-0.2, -0.15) is 0 Å². The van der Waals surface area contributed by atoms with Gasteiger partial charge in [0.05, 0.1) is 13.1 Å². The number of para-hydroxylation sites is 1. The molecule has 2 N–H and O–H groups in total. The van der Waals surface area contributed by atoms with Crippen molar-refractivity contribution in [2.75, 3.05) is 24.5 Å². The molecule has 0 spiro atoms. The molecular weight excluding hydrogens is 440 g/mol. The van der Waals surface area contributed by atoms with Gasteiger partial charge in [0.25, 0.3) is 5.91 Å². The Bertz CT molecular complexity index is 1110. The maximum Gasteiger partial charge on any atom is 0.254 e. The number of β-amino-alcohol motifs (C(OH)–C–C–N with tert-alkyl or cyclic N) is 1. The van der Waals surface area contributed by atoms with Crippen molar-refractivity contribution in [1.82, 2.24) is 15.2 Å². The van der Waals surface area contributed by atoms with Crippen molar-refractivity contribution in [2.24, 2.45) is 0 Å². The summed E-state index contributed by atoms with van der Waals surface area (Å²) < 4.78 is 0. The molecule has 2 aromatic carbocycles. The standard InChI is InChI=1S/C25H25ClN4O3/c26-21-7-5-19(6-8-21)25(33)29-15-20-3-1-2-4-22(20)30(24(32)17-29)16-23(31)28-14-11-18-9-12-27-13-10-18/h1-10,12-13,24,32H,11,14-17H2,(H,28,31). The number of aromatic nitrogens is 1. The molecule has 2 heterocycles. The number of hydrogen-bond donors (Lipinski definition) is 2. The highest BCUT2D eigenvalue weighted by Crippen LogP contribution is 2.28. The summed E-state index contributed by atoms with van der Waals surface area (Å²) in [6.07, 6.45) is 3.10. The van der Waals surface area contributed by atoms with Gasteiger partial charge in [0.1, 0.15) is 6.23 Å². The molecule has 0 fully saturated rings. The lowest BCUT2D eigenvalue weighted by atomic mass is 10.1. The average molecular weight is 465 g/mol. The van der Waals surface area contributed by atoms with Crippen LogP contribution in [0, 0.1) is 0 Å². The second-order valence-corrected chi connectivity index (χ2v) is 8.32. The maximum absolute atomic E-state index is 13.1. The zero-order valence-corrected chi connectivity index (χ0v) is 18.8. The van der Waals surface area contributed by atoms with Crippen LogP contribution in [0.4, 0.5) is 5.69 Å². The Hall–Kier alpha value is -3.42. The van der Waals surface area contributed by atoms with Gasteiger partial charge in [-0.15, -0.1) is 0 Å². The van der Waals surface area contributed by atoms with E-state index in [0.29, 0.717) is 30.1 Å². The Morgan fingerprint density at radius 2 is 1.79 bits per heavy atom. The average Bonchev–Trinajstić information content (AvgIpc) is 2.96. The number of fused-ring (bicyclic) bond motifs is 1. The first kappa shape index (κ1) is 22.8. The number of halogens is 1. The highest BCUT2D eigenvalue weighted by atomic mass is 35.5. The quantitative estimate of drug-likeness (QED) is 0.586. The Labute approximate surface area is 197 Å². The number of pyridine rings is 1. The van der Waals surface area contributed by atoms with Crippen molar-refractivity contribution in [3.8, 4) is 0 Å². The largest absolute Gasteiger partial charge is 0.372 e. The molecule has 3 aromatic rings. The van der Waals surface area contributed by atoms with Gasteiger partial charge in [0.2, 0.25) is 5.91 Å². The lowest BCUT2D eigenvalue weighted by Gasteiger charge is -2.29. The maximum atomic E-state index is 13.1. The Balaban J connectivity index is 1.46. The summed E-state index contributed by atoms with van der Waals surface area (Å²) in [6.45, 7) is 0.863. The summed E-state index contributed by atoms with van der Waals surface area (Å²) in [6, 6.07) is 18.0. The summed E-state index contributed by atoms with van der Waals surface area (Å²) in [4.78, 5) is 33.0. The molecule has 0 aliphatic carbocycles. The van der Waals surface area contributed by atoms with E-state index in [4.69, 9.17) is 11.6 Å². The highest BCUT2D eigenvalue weighted by molar-refractivity contribution is 6.30. The van der Waals surface area contributed by atoms with Crippen LogP contribution >= 0.6 is 11.6 Å². The number of aliphatic hydroxyl groups excluding tert-OH is 1. The number of nitrogens with one attached hydrogen (secondary N) is 1. The lowest BCUT2D eigenvalue weighted by molar-refractivity contribution is -0.120. The molecule has 170 valence electrons. The van der Waals surface area contributed by atoms with Crippen molar-refractivity contribution in [1.29, 1.82) is 0 Å². The Morgan fingerprint density at radius 3 is 2.55 bits per heavy atom. The van der Waals surface area contributed by atoms with Crippen LogP contribution in [0.2, 0.25) is 5.02 Å². The van der Waals surface area contributed by atoms with Gasteiger partial charge >= 0.3 is 0 Å². The number of aliphatic hydroxyl groups is 1. The normalized spacial score (nSPS) is 15.5. The molecule has 0 bridgehead atoms. The summed E-state index contributed by atoms with van der Waals surface area (Å²) in [7, 11) is 0. The van der Waals surface area contributed by atoms with Crippen molar-refractivity contribution >= 4 is 29.1 Å². The minimum absolute atomic E-state index is 0.0164. The van der Waals surface area contributed by atoms with Crippen LogP contribution in [-0.2, 0) is 17.8 Å². The number of anilines is 1. The van der Waals surface area contributed by atoms with E-state index in [1.54, 1.807) is 46.5 Å². The van der Waals surface area contributed by atoms with E-state index in [1.807, 2.05) is 36.4 Å². The van der Waals surface area contributed by atoms with Gasteiger partial charge in [-0.25, -0.2) is 0 Å². The smallest absolute Gasteiger partial charge is 0.254 e. The van der Waals surface area contributed by atoms with Crippen molar-refractivity contribution in [2.45, 2.75) is 19.2 Å². The number of nitrogens with zero attached hydrogens (tertiary/aromatic N) is 3. The van der Waals surface area contributed by atoms with E-state index < -0.39 is 6.23 Å². The third kappa shape index (κ3) is 5.69. The van der Waals surface area contributed by atoms with E-state index in [1.165, 1.54) is 0 Å². The lowest BCUT2D eigenvalue weighted by Crippen LogP contribution is -2.47. The summed E-state index contributed by atoms with van der Waals surface area (Å²) in [5.74, 6) is -0.403. The van der Waals surface area contributed by atoms with E-state index >= 15 is 0 Å². The molecule has 1 unspecified atom stereocenters. The number of carbonyl (C=O) groups excluding carboxylic acids is 2. The number of hydrogen-bond acceptors (Lipinski definition) is 5. The van der Waals surface area contributed by atoms with Gasteiger partial charge in [-0.05, 0) is 60.0 Å². The second-order valence-electron chi connectivity index (χ2n) is 7.89. The molecular formula is C25H25ClN4O3. The second kappa shape index (κ2) is 10.5. The molecule has 4 rings (SSSR count). The number of rotatable bonds is 6. The monoisotopic (exact) mass is 464 g/mol. The molecule has 33 heavy (non-hydrogen) atoms. The molecule has 0 radical (unpaired) electrons. The van der Waals surface area contributed by atoms with Gasteiger partial charge < -0.3 is 20.2 Å². The zero-order chi connectivity index (χ0) is 23.2. The fourth-order valence-corrected chi connectivity index (χ4v) is 4.00. The number of carbonyl (C=O) groups is 2. The van der Waals surface area contributed by atoms with Crippen LogP contribution in [0.25, 0.3) is 0 Å². The predicted octanol–water partition coefficient (Wildman–Crippen LogP) is 2.87. The van der Waals surface area contributed by atoms with Gasteiger partial charge in [-0.1, -0.05) is 29.8 Å². The molecule has 2 amide bonds. The fraction of sp³-hybridized carbons (Fsp3) is 0.240. The van der Waals surface area contributed by atoms with Crippen LogP contribution in [0.1, 0.15) is 21.5 Å². The zero-order valence-electron chi connectivity index (χ0n) is 18.0. The minimum Gasteiger partial charge on any atom is -0.372 e. The summed E-state index contributed by atoms with van der Waals surface area (Å²) in [5, 5.41) is 14.4. The first-order valence-electron chi connectivity index (χ1n) is 10.7. The number of benzene rings is 2. The molecule has 0 saturated heterocycles. The molecule has 1 atom stereocenters. The fourth-order valence-electron chi connectivity index (χ4n) is 3.88. The van der Waals surface area contributed by atoms with Gasteiger partial charge in [-0.3, -0.25) is 14.6 Å². The van der Waals surface area contributed by atoms with Gasteiger partial charge in [0.15, 0.2) is 0 Å². The van der Waals surface area contributed by atoms with E-state index in [2.05, 4.69) is 10.3 Å². The van der Waals surface area contributed by atoms with Crippen molar-refractivity contribution in [3.05, 3.63) is 94.8 Å². The molecule has 1 aliphatic rings. The molecule has 1 aliphatic heterocycles. The third-order valence-electron chi connectivity index (χ3n) is 5.58. The molecule has 7 nitrogen and oxygen atoms in total. The number of amides is 2. The van der Waals surface area contributed by atoms with E-state index in [-0.39, 0.29) is 24.9 Å². The molecule has 1 aromatic heterocycles. The van der Waals surface area contributed by atoms with Crippen LogP contribution in [-0.4, -0.2) is 52.7 Å². The van der Waals surface area contributed by atoms with E-state index in [0.717, 1.165) is 16.8 Å². The SMILES string of the molecule is O=C(CN1c2ccccc2CN(C(=O)c2ccc(Cl)cc2)CC1O)NCCc1ccncc1. The van der Waals surface area contributed by atoms with E-state index in [9.17, 15) is 14.7 Å². The molecule has 0 saturated carbocycles. The summed E-state index contributed by atoms with van der Waals surface area (Å²) in [5.41, 5.74) is 3.18. The van der Waals surface area contributed by atoms with Crippen molar-refractivity contribution < 1.29 is 14.7 Å². The first-order chi connectivity index (χ1) is 16.0. The highest BCUT2D eigenvalue weighted by Gasteiger charge is 2.30. The Morgan fingerprint density at radius 1 is 1.06 bits per heavy atom. The van der Waals surface area contributed by atoms with Gasteiger partial charge in [0, 0.05) is 41.8 Å². The summed E-state index contributed by atoms with van der Waals surface area (Å²) >= 11 is 5.94. The molecule has 8 heteroatoms. The predicted molar refractivity (Wildman–Crippen MR) is 127 cm³/mol.